The van der Waals surface area contributed by atoms with Crippen molar-refractivity contribution in [3.8, 4) is 11.4 Å². The second-order valence-corrected chi connectivity index (χ2v) is 12.6. The van der Waals surface area contributed by atoms with Crippen LogP contribution in [-0.4, -0.2) is 9.13 Å². The maximum absolute atomic E-state index is 2.42. The maximum atomic E-state index is 2.42. The largest absolute Gasteiger partial charge is 0.310 e. The van der Waals surface area contributed by atoms with Crippen LogP contribution in [0, 0.1) is 0 Å². The fourth-order valence-corrected chi connectivity index (χ4v) is 7.73. The van der Waals surface area contributed by atoms with Crippen LogP contribution < -0.4 is 4.90 Å². The van der Waals surface area contributed by atoms with E-state index in [1.54, 1.807) is 0 Å². The Bertz CT molecular complexity index is 2810. The maximum Gasteiger partial charge on any atom is 0.0619 e. The average Bonchev–Trinajstić information content (AvgIpc) is 3.69. The van der Waals surface area contributed by atoms with E-state index in [-0.39, 0.29) is 0 Å². The number of nitrogens with zero attached hydrogens (tertiary/aromatic N) is 3. The van der Waals surface area contributed by atoms with E-state index in [0.717, 1.165) is 28.4 Å². The van der Waals surface area contributed by atoms with E-state index in [0.29, 0.717) is 0 Å². The lowest BCUT2D eigenvalue weighted by Crippen LogP contribution is -2.10. The Morgan fingerprint density at radius 1 is 0.306 bits per heavy atom. The fraction of sp³-hybridized carbons (Fsp3) is 0. The summed E-state index contributed by atoms with van der Waals surface area (Å²) in [6.07, 6.45) is 0. The molecule has 0 atom stereocenters. The third kappa shape index (κ3) is 4.29. The van der Waals surface area contributed by atoms with Crippen LogP contribution in [0.25, 0.3) is 65.8 Å². The molecule has 2 aromatic heterocycles. The van der Waals surface area contributed by atoms with Gasteiger partial charge in [-0.2, -0.15) is 0 Å². The highest BCUT2D eigenvalue weighted by atomic mass is 15.1. The van der Waals surface area contributed by atoms with Crippen LogP contribution in [0.5, 0.6) is 0 Å². The first kappa shape index (κ1) is 27.5. The molecule has 0 aliphatic heterocycles. The fourth-order valence-electron chi connectivity index (χ4n) is 7.73. The van der Waals surface area contributed by atoms with Gasteiger partial charge < -0.3 is 14.0 Å². The summed E-state index contributed by atoms with van der Waals surface area (Å²) >= 11 is 0. The average molecular weight is 626 g/mol. The Hall–Kier alpha value is -6.58. The zero-order valence-electron chi connectivity index (χ0n) is 26.7. The predicted octanol–water partition coefficient (Wildman–Crippen LogP) is 12.5. The quantitative estimate of drug-likeness (QED) is 0.185. The molecule has 0 bridgehead atoms. The van der Waals surface area contributed by atoms with Crippen LogP contribution in [0.2, 0.25) is 0 Å². The molecule has 0 aliphatic rings. The van der Waals surface area contributed by atoms with E-state index >= 15 is 0 Å². The molecule has 0 saturated carbocycles. The Labute approximate surface area is 284 Å². The van der Waals surface area contributed by atoms with E-state index < -0.39 is 0 Å². The third-order valence-electron chi connectivity index (χ3n) is 9.87. The number of para-hydroxylation sites is 4. The van der Waals surface area contributed by atoms with Gasteiger partial charge in [-0.15, -0.1) is 0 Å². The lowest BCUT2D eigenvalue weighted by atomic mass is 10.1. The SMILES string of the molecule is c1ccc(N(c2ccc(-n3c4ccccc4c4ccc5ccccc5c43)cc2)c2ccc3c(c2)c2ccccc2n3-c2ccccc2)cc1. The highest BCUT2D eigenvalue weighted by molar-refractivity contribution is 6.18. The van der Waals surface area contributed by atoms with Gasteiger partial charge in [0.1, 0.15) is 0 Å². The van der Waals surface area contributed by atoms with Gasteiger partial charge in [-0.3, -0.25) is 0 Å². The van der Waals surface area contributed by atoms with Crippen LogP contribution in [-0.2, 0) is 0 Å². The van der Waals surface area contributed by atoms with Gasteiger partial charge in [0.05, 0.1) is 22.1 Å². The van der Waals surface area contributed by atoms with Crippen LogP contribution >= 0.6 is 0 Å². The smallest absolute Gasteiger partial charge is 0.0619 e. The van der Waals surface area contributed by atoms with Gasteiger partial charge in [0, 0.05) is 55.4 Å². The zero-order valence-corrected chi connectivity index (χ0v) is 26.7. The molecule has 3 nitrogen and oxygen atoms in total. The summed E-state index contributed by atoms with van der Waals surface area (Å²) in [6, 6.07) is 67.9. The summed E-state index contributed by atoms with van der Waals surface area (Å²) in [7, 11) is 0. The van der Waals surface area contributed by atoms with Crippen molar-refractivity contribution < 1.29 is 0 Å². The predicted molar refractivity (Wildman–Crippen MR) is 207 cm³/mol. The van der Waals surface area contributed by atoms with Gasteiger partial charge >= 0.3 is 0 Å². The number of anilines is 3. The summed E-state index contributed by atoms with van der Waals surface area (Å²) in [5.74, 6) is 0. The number of fused-ring (bicyclic) bond motifs is 8. The normalized spacial score (nSPS) is 11.7. The van der Waals surface area contributed by atoms with E-state index in [1.807, 2.05) is 0 Å². The Balaban J connectivity index is 1.16. The standard InChI is InChI=1S/C46H31N3/c1-3-14-33(15-4-1)47(37-28-30-45-42(31-37)40-20-10-11-21-43(40)48(45)34-16-5-2-6-17-34)35-24-26-36(27-25-35)49-44-22-12-9-19-39(44)41-29-23-32-13-7-8-18-38(32)46(41)49/h1-31H. The topological polar surface area (TPSA) is 13.1 Å². The van der Waals surface area contributed by atoms with Crippen molar-refractivity contribution in [1.29, 1.82) is 0 Å². The highest BCUT2D eigenvalue weighted by Gasteiger charge is 2.19. The van der Waals surface area contributed by atoms with Crippen molar-refractivity contribution >= 4 is 71.4 Å². The number of hydrogen-bond acceptors (Lipinski definition) is 1. The zero-order chi connectivity index (χ0) is 32.3. The van der Waals surface area contributed by atoms with Crippen LogP contribution in [0.15, 0.2) is 188 Å². The first-order chi connectivity index (χ1) is 24.3. The van der Waals surface area contributed by atoms with E-state index in [1.165, 1.54) is 54.4 Å². The molecule has 10 rings (SSSR count). The van der Waals surface area contributed by atoms with Crippen LogP contribution in [0.3, 0.4) is 0 Å². The van der Waals surface area contributed by atoms with Gasteiger partial charge in [-0.25, -0.2) is 0 Å². The molecule has 10 aromatic rings. The lowest BCUT2D eigenvalue weighted by Gasteiger charge is -2.26. The van der Waals surface area contributed by atoms with Gasteiger partial charge in [-0.1, -0.05) is 109 Å². The molecule has 0 saturated heterocycles. The number of benzene rings is 8. The molecule has 8 aromatic carbocycles. The minimum Gasteiger partial charge on any atom is -0.310 e. The molecule has 0 N–H and O–H groups in total. The van der Waals surface area contributed by atoms with Gasteiger partial charge in [0.15, 0.2) is 0 Å². The van der Waals surface area contributed by atoms with Crippen molar-refractivity contribution in [1.82, 2.24) is 9.13 Å². The van der Waals surface area contributed by atoms with Crippen molar-refractivity contribution in [3.63, 3.8) is 0 Å². The monoisotopic (exact) mass is 625 g/mol. The third-order valence-corrected chi connectivity index (χ3v) is 9.87. The van der Waals surface area contributed by atoms with Crippen LogP contribution in [0.4, 0.5) is 17.1 Å². The van der Waals surface area contributed by atoms with Crippen molar-refractivity contribution in [2.24, 2.45) is 0 Å². The molecule has 0 radical (unpaired) electrons. The summed E-state index contributed by atoms with van der Waals surface area (Å²) in [5, 5.41) is 7.51. The number of rotatable bonds is 5. The van der Waals surface area contributed by atoms with Gasteiger partial charge in [-0.05, 0) is 84.2 Å². The summed E-state index contributed by atoms with van der Waals surface area (Å²) in [6.45, 7) is 0. The van der Waals surface area contributed by atoms with Gasteiger partial charge in [0.2, 0.25) is 0 Å². The summed E-state index contributed by atoms with van der Waals surface area (Å²) in [4.78, 5) is 2.36. The number of aromatic nitrogens is 2. The Kier molecular flexibility index (Phi) is 6.18. The molecule has 0 amide bonds. The summed E-state index contributed by atoms with van der Waals surface area (Å²) < 4.78 is 4.79. The van der Waals surface area contributed by atoms with Crippen molar-refractivity contribution in [3.05, 3.63) is 188 Å². The first-order valence-corrected chi connectivity index (χ1v) is 16.8. The molecule has 49 heavy (non-hydrogen) atoms. The van der Waals surface area contributed by atoms with Gasteiger partial charge in [0.25, 0.3) is 0 Å². The number of hydrogen-bond donors (Lipinski definition) is 0. The molecule has 0 spiro atoms. The highest BCUT2D eigenvalue weighted by Crippen LogP contribution is 2.41. The molecule has 2 heterocycles. The molecule has 230 valence electrons. The molecule has 3 heteroatoms. The van der Waals surface area contributed by atoms with E-state index in [4.69, 9.17) is 0 Å². The molecular formula is C46H31N3. The van der Waals surface area contributed by atoms with Crippen molar-refractivity contribution in [2.45, 2.75) is 0 Å². The van der Waals surface area contributed by atoms with Crippen molar-refractivity contribution in [2.75, 3.05) is 4.90 Å². The van der Waals surface area contributed by atoms with Crippen LogP contribution in [0.1, 0.15) is 0 Å². The Morgan fingerprint density at radius 3 is 1.59 bits per heavy atom. The second kappa shape index (κ2) is 11.0. The Morgan fingerprint density at radius 2 is 0.837 bits per heavy atom. The summed E-state index contributed by atoms with van der Waals surface area (Å²) in [5.41, 5.74) is 10.5. The van der Waals surface area contributed by atoms with E-state index in [9.17, 15) is 0 Å². The molecular weight excluding hydrogens is 595 g/mol. The minimum absolute atomic E-state index is 1.10. The molecule has 0 aliphatic carbocycles. The first-order valence-electron chi connectivity index (χ1n) is 16.8. The van der Waals surface area contributed by atoms with E-state index in [2.05, 4.69) is 202 Å². The lowest BCUT2D eigenvalue weighted by molar-refractivity contribution is 1.17. The molecule has 0 fully saturated rings. The molecule has 0 unspecified atom stereocenters. The minimum atomic E-state index is 1.10. The second-order valence-electron chi connectivity index (χ2n) is 12.6.